The minimum absolute atomic E-state index is 0.874. The van der Waals surface area contributed by atoms with Gasteiger partial charge in [-0.05, 0) is 30.3 Å². The summed E-state index contributed by atoms with van der Waals surface area (Å²) in [6.07, 6.45) is 1.91. The standard InChI is InChI=1S/C16H13NOS/c1-18-13-6-4-7-14(10-13)19-15-9-12-5-2-3-8-16(12)17-11-15/h2-11H,1H3. The van der Waals surface area contributed by atoms with Gasteiger partial charge >= 0.3 is 0 Å². The van der Waals surface area contributed by atoms with Gasteiger partial charge in [-0.1, -0.05) is 36.0 Å². The Morgan fingerprint density at radius 1 is 0.947 bits per heavy atom. The fourth-order valence-corrected chi connectivity index (χ4v) is 2.79. The molecule has 0 atom stereocenters. The lowest BCUT2D eigenvalue weighted by molar-refractivity contribution is 0.413. The van der Waals surface area contributed by atoms with Crippen LogP contribution in [0.15, 0.2) is 70.6 Å². The van der Waals surface area contributed by atoms with Crippen LogP contribution in [0.1, 0.15) is 0 Å². The second kappa shape index (κ2) is 5.33. The lowest BCUT2D eigenvalue weighted by Gasteiger charge is -2.05. The zero-order valence-electron chi connectivity index (χ0n) is 10.5. The molecule has 3 heteroatoms. The predicted octanol–water partition coefficient (Wildman–Crippen LogP) is 4.39. The molecule has 0 aliphatic rings. The highest BCUT2D eigenvalue weighted by Crippen LogP contribution is 2.30. The summed E-state index contributed by atoms with van der Waals surface area (Å²) in [6.45, 7) is 0. The van der Waals surface area contributed by atoms with E-state index < -0.39 is 0 Å². The first-order valence-corrected chi connectivity index (χ1v) is 6.83. The Hall–Kier alpha value is -2.00. The molecule has 0 saturated heterocycles. The number of nitrogens with zero attached hydrogens (tertiary/aromatic N) is 1. The SMILES string of the molecule is COc1cccc(Sc2cnc3ccccc3c2)c1. The maximum absolute atomic E-state index is 5.23. The molecule has 19 heavy (non-hydrogen) atoms. The smallest absolute Gasteiger partial charge is 0.119 e. The maximum Gasteiger partial charge on any atom is 0.119 e. The van der Waals surface area contributed by atoms with Gasteiger partial charge in [-0.15, -0.1) is 0 Å². The summed E-state index contributed by atoms with van der Waals surface area (Å²) in [7, 11) is 1.68. The fourth-order valence-electron chi connectivity index (χ4n) is 1.91. The lowest BCUT2D eigenvalue weighted by atomic mass is 10.2. The number of fused-ring (bicyclic) bond motifs is 1. The van der Waals surface area contributed by atoms with Gasteiger partial charge < -0.3 is 4.74 Å². The maximum atomic E-state index is 5.23. The number of methoxy groups -OCH3 is 1. The minimum Gasteiger partial charge on any atom is -0.497 e. The fraction of sp³-hybridized carbons (Fsp3) is 0.0625. The highest BCUT2D eigenvalue weighted by Gasteiger charge is 2.01. The molecular formula is C16H13NOS. The van der Waals surface area contributed by atoms with Crippen molar-refractivity contribution in [2.45, 2.75) is 9.79 Å². The van der Waals surface area contributed by atoms with Crippen molar-refractivity contribution in [3.8, 4) is 5.75 Å². The van der Waals surface area contributed by atoms with Gasteiger partial charge in [0.2, 0.25) is 0 Å². The molecule has 1 heterocycles. The molecule has 3 rings (SSSR count). The van der Waals surface area contributed by atoms with Crippen LogP contribution in [0.2, 0.25) is 0 Å². The predicted molar refractivity (Wildman–Crippen MR) is 78.9 cm³/mol. The molecule has 0 unspecified atom stereocenters. The van der Waals surface area contributed by atoms with Crippen molar-refractivity contribution in [1.29, 1.82) is 0 Å². The Morgan fingerprint density at radius 2 is 1.84 bits per heavy atom. The number of rotatable bonds is 3. The highest BCUT2D eigenvalue weighted by atomic mass is 32.2. The molecule has 0 saturated carbocycles. The van der Waals surface area contributed by atoms with E-state index in [4.69, 9.17) is 4.74 Å². The van der Waals surface area contributed by atoms with Crippen LogP contribution in [-0.2, 0) is 0 Å². The number of hydrogen-bond donors (Lipinski definition) is 0. The summed E-state index contributed by atoms with van der Waals surface area (Å²) in [5, 5.41) is 1.16. The number of para-hydroxylation sites is 1. The van der Waals surface area contributed by atoms with Crippen molar-refractivity contribution < 1.29 is 4.74 Å². The highest BCUT2D eigenvalue weighted by molar-refractivity contribution is 7.99. The van der Waals surface area contributed by atoms with Gasteiger partial charge in [-0.2, -0.15) is 0 Å². The third-order valence-electron chi connectivity index (χ3n) is 2.84. The van der Waals surface area contributed by atoms with E-state index in [1.807, 2.05) is 42.6 Å². The molecule has 0 aliphatic carbocycles. The summed E-state index contributed by atoms with van der Waals surface area (Å²) < 4.78 is 5.23. The Labute approximate surface area is 116 Å². The number of hydrogen-bond acceptors (Lipinski definition) is 3. The van der Waals surface area contributed by atoms with Gasteiger partial charge in [0.05, 0.1) is 12.6 Å². The van der Waals surface area contributed by atoms with Gasteiger partial charge in [0.15, 0.2) is 0 Å². The van der Waals surface area contributed by atoms with Crippen LogP contribution in [0.3, 0.4) is 0 Å². The van der Waals surface area contributed by atoms with Crippen LogP contribution < -0.4 is 4.74 Å². The van der Waals surface area contributed by atoms with Crippen LogP contribution in [0.4, 0.5) is 0 Å². The van der Waals surface area contributed by atoms with E-state index in [9.17, 15) is 0 Å². The molecule has 0 fully saturated rings. The third-order valence-corrected chi connectivity index (χ3v) is 3.79. The summed E-state index contributed by atoms with van der Waals surface area (Å²) in [5.41, 5.74) is 1.03. The minimum atomic E-state index is 0.874. The van der Waals surface area contributed by atoms with E-state index in [2.05, 4.69) is 23.2 Å². The van der Waals surface area contributed by atoms with Gasteiger partial charge in [0.1, 0.15) is 5.75 Å². The molecule has 0 amide bonds. The number of aromatic nitrogens is 1. The molecule has 0 radical (unpaired) electrons. The Kier molecular flexibility index (Phi) is 3.38. The van der Waals surface area contributed by atoms with E-state index >= 15 is 0 Å². The second-order valence-corrected chi connectivity index (χ2v) is 5.29. The summed E-state index contributed by atoms with van der Waals surface area (Å²) >= 11 is 1.69. The van der Waals surface area contributed by atoms with Crippen LogP contribution in [0.5, 0.6) is 5.75 Å². The molecule has 0 bridgehead atoms. The van der Waals surface area contributed by atoms with Crippen molar-refractivity contribution in [3.63, 3.8) is 0 Å². The van der Waals surface area contributed by atoms with Gasteiger partial charge in [0, 0.05) is 21.4 Å². The zero-order chi connectivity index (χ0) is 13.1. The molecule has 0 N–H and O–H groups in total. The first-order chi connectivity index (χ1) is 9.35. The number of pyridine rings is 1. The summed E-state index contributed by atoms with van der Waals surface area (Å²) in [6, 6.07) is 18.3. The first kappa shape index (κ1) is 12.1. The molecule has 0 spiro atoms. The molecule has 3 aromatic rings. The summed E-state index contributed by atoms with van der Waals surface area (Å²) in [5.74, 6) is 0.874. The van der Waals surface area contributed by atoms with Crippen molar-refractivity contribution in [1.82, 2.24) is 4.98 Å². The normalized spacial score (nSPS) is 10.6. The van der Waals surface area contributed by atoms with Crippen LogP contribution in [-0.4, -0.2) is 12.1 Å². The van der Waals surface area contributed by atoms with Crippen molar-refractivity contribution in [2.24, 2.45) is 0 Å². The van der Waals surface area contributed by atoms with E-state index in [0.29, 0.717) is 0 Å². The Bertz CT molecular complexity index is 712. The average Bonchev–Trinajstić information content (AvgIpc) is 2.47. The quantitative estimate of drug-likeness (QED) is 0.702. The van der Waals surface area contributed by atoms with Crippen LogP contribution in [0.25, 0.3) is 10.9 Å². The van der Waals surface area contributed by atoms with Crippen molar-refractivity contribution in [2.75, 3.05) is 7.11 Å². The summed E-state index contributed by atoms with van der Waals surface area (Å²) in [4.78, 5) is 6.75. The van der Waals surface area contributed by atoms with Gasteiger partial charge in [-0.25, -0.2) is 0 Å². The first-order valence-electron chi connectivity index (χ1n) is 6.02. The van der Waals surface area contributed by atoms with E-state index in [1.165, 1.54) is 0 Å². The molecule has 1 aromatic heterocycles. The molecular weight excluding hydrogens is 254 g/mol. The number of benzene rings is 2. The third kappa shape index (κ3) is 2.71. The molecule has 0 aliphatic heterocycles. The molecule has 2 nitrogen and oxygen atoms in total. The van der Waals surface area contributed by atoms with Crippen molar-refractivity contribution in [3.05, 3.63) is 60.8 Å². The van der Waals surface area contributed by atoms with Crippen LogP contribution in [0, 0.1) is 0 Å². The molecule has 2 aromatic carbocycles. The molecule has 94 valence electrons. The topological polar surface area (TPSA) is 22.1 Å². The second-order valence-electron chi connectivity index (χ2n) is 4.14. The largest absolute Gasteiger partial charge is 0.497 e. The monoisotopic (exact) mass is 267 g/mol. The van der Waals surface area contributed by atoms with Gasteiger partial charge in [-0.3, -0.25) is 4.98 Å². The van der Waals surface area contributed by atoms with Gasteiger partial charge in [0.25, 0.3) is 0 Å². The number of ether oxygens (including phenoxy) is 1. The van der Waals surface area contributed by atoms with Crippen LogP contribution >= 0.6 is 11.8 Å². The Morgan fingerprint density at radius 3 is 2.74 bits per heavy atom. The zero-order valence-corrected chi connectivity index (χ0v) is 11.4. The lowest BCUT2D eigenvalue weighted by Crippen LogP contribution is -1.83. The van der Waals surface area contributed by atoms with E-state index in [-0.39, 0.29) is 0 Å². The Balaban J connectivity index is 1.92. The van der Waals surface area contributed by atoms with E-state index in [0.717, 1.165) is 26.4 Å². The van der Waals surface area contributed by atoms with Crippen molar-refractivity contribution >= 4 is 22.7 Å². The average molecular weight is 267 g/mol. The van der Waals surface area contributed by atoms with E-state index in [1.54, 1.807) is 18.9 Å².